The Bertz CT molecular complexity index is 1060. The van der Waals surface area contributed by atoms with Crippen molar-refractivity contribution in [1.82, 2.24) is 20.0 Å². The fraction of sp³-hybridized carbons (Fsp3) is 0.364. The van der Waals surface area contributed by atoms with Gasteiger partial charge in [-0.15, -0.1) is 0 Å². The van der Waals surface area contributed by atoms with Gasteiger partial charge in [-0.25, -0.2) is 15.0 Å². The molecule has 3 aromatic rings. The Morgan fingerprint density at radius 2 is 2.06 bits per heavy atom. The van der Waals surface area contributed by atoms with Crippen LogP contribution in [-0.4, -0.2) is 45.9 Å². The SMILES string of the molecule is CN(c1ncnc2[nH]ccc12)N1CCCC(C(=O)Cc2cccc(C(F)(F)F)c2)C1.[CH3-].[W]. The van der Waals surface area contributed by atoms with Crippen LogP contribution >= 0.6 is 0 Å². The summed E-state index contributed by atoms with van der Waals surface area (Å²) < 4.78 is 38.8. The summed E-state index contributed by atoms with van der Waals surface area (Å²) in [6.07, 6.45) is 0.432. The number of hydrazine groups is 1. The van der Waals surface area contributed by atoms with Crippen LogP contribution in [-0.2, 0) is 38.5 Å². The number of nitrogens with one attached hydrogen (secondary N) is 1. The monoisotopic (exact) mass is 616 g/mol. The van der Waals surface area contributed by atoms with Gasteiger partial charge in [0.1, 0.15) is 17.8 Å². The van der Waals surface area contributed by atoms with E-state index >= 15 is 0 Å². The van der Waals surface area contributed by atoms with Crippen LogP contribution in [0.25, 0.3) is 11.0 Å². The summed E-state index contributed by atoms with van der Waals surface area (Å²) in [4.78, 5) is 24.5. The largest absolute Gasteiger partial charge is 0.416 e. The van der Waals surface area contributed by atoms with Crippen molar-refractivity contribution in [1.29, 1.82) is 0 Å². The molecule has 1 fully saturated rings. The molecule has 4 rings (SSSR count). The molecule has 6 nitrogen and oxygen atoms in total. The van der Waals surface area contributed by atoms with Crippen LogP contribution < -0.4 is 5.01 Å². The minimum atomic E-state index is -4.41. The Labute approximate surface area is 199 Å². The Morgan fingerprint density at radius 3 is 2.81 bits per heavy atom. The maximum atomic E-state index is 12.9. The zero-order valence-corrected chi connectivity index (χ0v) is 20.8. The average Bonchev–Trinajstić information content (AvgIpc) is 3.22. The molecule has 0 spiro atoms. The Balaban J connectivity index is 0.00000181. The molecule has 1 atom stereocenters. The number of aromatic nitrogens is 3. The van der Waals surface area contributed by atoms with E-state index in [1.54, 1.807) is 12.3 Å². The molecule has 172 valence electrons. The first-order chi connectivity index (χ1) is 14.3. The molecule has 0 aliphatic carbocycles. The van der Waals surface area contributed by atoms with Gasteiger partial charge in [-0.05, 0) is 30.5 Å². The number of carbonyl (C=O) groups excluding carboxylic acids is 1. The van der Waals surface area contributed by atoms with Gasteiger partial charge in [0.25, 0.3) is 0 Å². The van der Waals surface area contributed by atoms with Crippen LogP contribution in [0.1, 0.15) is 24.0 Å². The zero-order chi connectivity index (χ0) is 21.3. The number of benzene rings is 1. The number of Topliss-reactive ketones (excluding diaryl/α,β-unsaturated/α-hetero) is 1. The number of alkyl halides is 3. The fourth-order valence-electron chi connectivity index (χ4n) is 3.95. The molecule has 1 unspecified atom stereocenters. The minimum absolute atomic E-state index is 0. The maximum absolute atomic E-state index is 12.9. The molecule has 0 amide bonds. The number of anilines is 1. The smallest absolute Gasteiger partial charge is 0.358 e. The van der Waals surface area contributed by atoms with Gasteiger partial charge in [0.2, 0.25) is 0 Å². The number of nitrogens with zero attached hydrogens (tertiary/aromatic N) is 4. The van der Waals surface area contributed by atoms with Crippen molar-refractivity contribution in [2.75, 3.05) is 25.1 Å². The first-order valence-electron chi connectivity index (χ1n) is 9.78. The number of rotatable bonds is 5. The number of halogens is 3. The average molecular weight is 616 g/mol. The number of H-pyrrole nitrogens is 1. The molecule has 0 radical (unpaired) electrons. The summed E-state index contributed by atoms with van der Waals surface area (Å²) in [6, 6.07) is 6.91. The van der Waals surface area contributed by atoms with Crippen molar-refractivity contribution in [3.8, 4) is 0 Å². The molecule has 1 N–H and O–H groups in total. The molecule has 3 heterocycles. The molecule has 1 aliphatic heterocycles. The van der Waals surface area contributed by atoms with Crippen LogP contribution in [0.15, 0.2) is 42.9 Å². The number of fused-ring (bicyclic) bond motifs is 1. The molecule has 2 aromatic heterocycles. The second-order valence-electron chi connectivity index (χ2n) is 7.55. The molecule has 1 aliphatic rings. The first kappa shape index (κ1) is 26.0. The molecular formula is C22H25F3N5OW-. The number of piperidine rings is 1. The summed E-state index contributed by atoms with van der Waals surface area (Å²) >= 11 is 0. The number of ketones is 1. The second kappa shape index (κ2) is 10.6. The van der Waals surface area contributed by atoms with Gasteiger partial charge >= 0.3 is 6.18 Å². The van der Waals surface area contributed by atoms with E-state index in [2.05, 4.69) is 20.0 Å². The van der Waals surface area contributed by atoms with Gasteiger partial charge in [0.15, 0.2) is 5.82 Å². The van der Waals surface area contributed by atoms with E-state index in [0.29, 0.717) is 12.1 Å². The van der Waals surface area contributed by atoms with Gasteiger partial charge in [0.05, 0.1) is 10.9 Å². The molecule has 1 saturated heterocycles. The number of carbonyl (C=O) groups is 1. The third kappa shape index (κ3) is 5.56. The van der Waals surface area contributed by atoms with Crippen LogP contribution in [0, 0.1) is 13.3 Å². The third-order valence-electron chi connectivity index (χ3n) is 5.55. The predicted octanol–water partition coefficient (Wildman–Crippen LogP) is 4.30. The minimum Gasteiger partial charge on any atom is -0.358 e. The van der Waals surface area contributed by atoms with E-state index in [-0.39, 0.29) is 46.6 Å². The summed E-state index contributed by atoms with van der Waals surface area (Å²) in [5, 5.41) is 4.88. The maximum Gasteiger partial charge on any atom is 0.416 e. The fourth-order valence-corrected chi connectivity index (χ4v) is 3.95. The van der Waals surface area contributed by atoms with Crippen LogP contribution in [0.5, 0.6) is 0 Å². The Morgan fingerprint density at radius 1 is 1.28 bits per heavy atom. The van der Waals surface area contributed by atoms with E-state index in [0.717, 1.165) is 48.4 Å². The van der Waals surface area contributed by atoms with Crippen molar-refractivity contribution >= 4 is 22.6 Å². The van der Waals surface area contributed by atoms with Crippen LogP contribution in [0.4, 0.5) is 19.0 Å². The topological polar surface area (TPSA) is 65.1 Å². The van der Waals surface area contributed by atoms with Crippen molar-refractivity contribution in [3.63, 3.8) is 0 Å². The second-order valence-corrected chi connectivity index (χ2v) is 7.55. The van der Waals surface area contributed by atoms with Crippen molar-refractivity contribution < 1.29 is 39.0 Å². The summed E-state index contributed by atoms with van der Waals surface area (Å²) in [7, 11) is 1.90. The molecule has 0 saturated carbocycles. The van der Waals surface area contributed by atoms with E-state index in [4.69, 9.17) is 0 Å². The van der Waals surface area contributed by atoms with E-state index in [1.807, 2.05) is 18.1 Å². The van der Waals surface area contributed by atoms with E-state index < -0.39 is 11.7 Å². The van der Waals surface area contributed by atoms with Crippen molar-refractivity contribution in [2.24, 2.45) is 5.92 Å². The summed E-state index contributed by atoms with van der Waals surface area (Å²) in [5.41, 5.74) is 0.406. The van der Waals surface area contributed by atoms with Crippen LogP contribution in [0.2, 0.25) is 0 Å². The Hall–Kier alpha value is -2.25. The van der Waals surface area contributed by atoms with Gasteiger partial charge in [-0.3, -0.25) is 9.80 Å². The number of hydrogen-bond donors (Lipinski definition) is 1. The van der Waals surface area contributed by atoms with Gasteiger partial charge in [-0.2, -0.15) is 13.2 Å². The Kier molecular flexibility index (Phi) is 8.59. The van der Waals surface area contributed by atoms with Gasteiger partial charge in [-0.1, -0.05) is 18.2 Å². The standard InChI is InChI=1S/C21H22F3N5O.CH3.W/c1-28(20-17-7-8-25-19(17)26-13-27-20)29-9-3-5-15(12-29)18(30)11-14-4-2-6-16(10-14)21(22,23)24;;/h2,4,6-8,10,13,15H,3,5,9,11-12H2,1H3,(H,25,26,27);1H3;/q;-1;. The summed E-state index contributed by atoms with van der Waals surface area (Å²) in [5.74, 6) is 0.466. The zero-order valence-electron chi connectivity index (χ0n) is 17.9. The van der Waals surface area contributed by atoms with E-state index in [9.17, 15) is 18.0 Å². The molecule has 0 bridgehead atoms. The number of aromatic amines is 1. The predicted molar refractivity (Wildman–Crippen MR) is 113 cm³/mol. The van der Waals surface area contributed by atoms with Crippen molar-refractivity contribution in [2.45, 2.75) is 25.4 Å². The number of hydrogen-bond acceptors (Lipinski definition) is 5. The van der Waals surface area contributed by atoms with Gasteiger partial charge < -0.3 is 12.4 Å². The van der Waals surface area contributed by atoms with E-state index in [1.165, 1.54) is 12.4 Å². The molecule has 10 heteroatoms. The normalized spacial score (nSPS) is 16.8. The summed E-state index contributed by atoms with van der Waals surface area (Å²) in [6.45, 7) is 1.28. The van der Waals surface area contributed by atoms with Crippen molar-refractivity contribution in [3.05, 3.63) is 61.4 Å². The van der Waals surface area contributed by atoms with Gasteiger partial charge in [0, 0.05) is 59.7 Å². The van der Waals surface area contributed by atoms with Crippen LogP contribution in [0.3, 0.4) is 0 Å². The first-order valence-corrected chi connectivity index (χ1v) is 9.78. The molecule has 32 heavy (non-hydrogen) atoms. The quantitative estimate of drug-likeness (QED) is 0.434. The molecular weight excluding hydrogens is 591 g/mol. The third-order valence-corrected chi connectivity index (χ3v) is 5.55. The molecule has 1 aromatic carbocycles.